The van der Waals surface area contributed by atoms with Gasteiger partial charge >= 0.3 is 12.0 Å². The van der Waals surface area contributed by atoms with Gasteiger partial charge in [-0.15, -0.1) is 0 Å². The van der Waals surface area contributed by atoms with Gasteiger partial charge in [-0.2, -0.15) is 0 Å². The molecular weight excluding hydrogens is 404 g/mol. The van der Waals surface area contributed by atoms with Crippen LogP contribution in [0.25, 0.3) is 11.1 Å². The highest BCUT2D eigenvalue weighted by Crippen LogP contribution is 2.29. The average molecular weight is 431 g/mol. The molecule has 0 radical (unpaired) electrons. The van der Waals surface area contributed by atoms with Crippen LogP contribution in [0, 0.1) is 0 Å². The Morgan fingerprint density at radius 1 is 1.00 bits per heavy atom. The van der Waals surface area contributed by atoms with E-state index < -0.39 is 0 Å². The van der Waals surface area contributed by atoms with Gasteiger partial charge in [-0.3, -0.25) is 0 Å². The third-order valence-corrected chi connectivity index (χ3v) is 5.54. The Kier molecular flexibility index (Phi) is 6.52. The van der Waals surface area contributed by atoms with Crippen LogP contribution in [0.3, 0.4) is 0 Å². The Labute approximate surface area is 187 Å². The maximum Gasteiger partial charge on any atom is 0.338 e. The fourth-order valence-corrected chi connectivity index (χ4v) is 3.99. The van der Waals surface area contributed by atoms with Crippen LogP contribution < -0.4 is 10.6 Å². The molecule has 4 rings (SSSR count). The Bertz CT molecular complexity index is 1140. The molecule has 6 nitrogen and oxygen atoms in total. The fourth-order valence-electron chi connectivity index (χ4n) is 3.99. The molecule has 0 fully saturated rings. The van der Waals surface area contributed by atoms with Crippen molar-refractivity contribution < 1.29 is 19.4 Å². The number of urea groups is 1. The predicted molar refractivity (Wildman–Crippen MR) is 125 cm³/mol. The number of carbonyl (C=O) groups excluding carboxylic acids is 2. The van der Waals surface area contributed by atoms with Crippen molar-refractivity contribution in [2.75, 3.05) is 17.2 Å². The summed E-state index contributed by atoms with van der Waals surface area (Å²) in [5.41, 5.74) is 5.71. The summed E-state index contributed by atoms with van der Waals surface area (Å²) in [7, 11) is 0. The molecule has 0 spiro atoms. The third-order valence-electron chi connectivity index (χ3n) is 5.54. The molecule has 1 aliphatic carbocycles. The second-order valence-electron chi connectivity index (χ2n) is 7.80. The topological polar surface area (TPSA) is 87.7 Å². The molecule has 0 heterocycles. The van der Waals surface area contributed by atoms with Gasteiger partial charge in [0.1, 0.15) is 0 Å². The van der Waals surface area contributed by atoms with Crippen LogP contribution in [0.2, 0.25) is 0 Å². The molecule has 3 aromatic carbocycles. The Balaban J connectivity index is 1.49. The number of rotatable bonds is 5. The number of aliphatic hydroxyl groups excluding tert-OH is 1. The van der Waals surface area contributed by atoms with Gasteiger partial charge in [0.2, 0.25) is 0 Å². The zero-order valence-corrected chi connectivity index (χ0v) is 17.9. The molecular formula is C26H26N2O4. The number of nitrogens with one attached hydrogen (secondary N) is 2. The number of amides is 2. The van der Waals surface area contributed by atoms with Crippen LogP contribution in [-0.4, -0.2) is 29.8 Å². The summed E-state index contributed by atoms with van der Waals surface area (Å²) < 4.78 is 5.08. The molecule has 0 aliphatic heterocycles. The molecule has 0 saturated carbocycles. The maximum atomic E-state index is 12.7. The highest BCUT2D eigenvalue weighted by molar-refractivity contribution is 6.00. The number of fused-ring (bicyclic) bond motifs is 1. The lowest BCUT2D eigenvalue weighted by atomic mass is 9.88. The van der Waals surface area contributed by atoms with E-state index >= 15 is 0 Å². The summed E-state index contributed by atoms with van der Waals surface area (Å²) in [6, 6.07) is 20.1. The first-order valence-electron chi connectivity index (χ1n) is 10.8. The van der Waals surface area contributed by atoms with Crippen LogP contribution >= 0.6 is 0 Å². The van der Waals surface area contributed by atoms with E-state index in [0.29, 0.717) is 24.3 Å². The van der Waals surface area contributed by atoms with E-state index in [1.165, 1.54) is 0 Å². The van der Waals surface area contributed by atoms with Crippen molar-refractivity contribution in [1.29, 1.82) is 0 Å². The number of ether oxygens (including phenoxy) is 1. The fraction of sp³-hybridized carbons (Fsp3) is 0.231. The summed E-state index contributed by atoms with van der Waals surface area (Å²) in [6.45, 7) is 2.09. The molecule has 1 unspecified atom stereocenters. The summed E-state index contributed by atoms with van der Waals surface area (Å²) in [5, 5.41) is 15.8. The summed E-state index contributed by atoms with van der Waals surface area (Å²) in [4.78, 5) is 24.7. The minimum Gasteiger partial charge on any atom is -0.462 e. The number of anilines is 2. The minimum atomic E-state index is -0.379. The van der Waals surface area contributed by atoms with Gasteiger partial charge < -0.3 is 20.5 Å². The molecule has 3 aromatic rings. The van der Waals surface area contributed by atoms with Crippen molar-refractivity contribution in [2.45, 2.75) is 32.3 Å². The number of aliphatic hydroxyl groups is 1. The van der Waals surface area contributed by atoms with E-state index in [4.69, 9.17) is 4.74 Å². The molecule has 0 bridgehead atoms. The van der Waals surface area contributed by atoms with Crippen molar-refractivity contribution in [3.8, 4) is 11.1 Å². The van der Waals surface area contributed by atoms with Gasteiger partial charge in [0, 0.05) is 17.8 Å². The zero-order chi connectivity index (χ0) is 22.5. The zero-order valence-electron chi connectivity index (χ0n) is 17.9. The van der Waals surface area contributed by atoms with Crippen molar-refractivity contribution in [1.82, 2.24) is 0 Å². The van der Waals surface area contributed by atoms with Gasteiger partial charge in [-0.1, -0.05) is 36.4 Å². The Morgan fingerprint density at radius 3 is 2.56 bits per heavy atom. The van der Waals surface area contributed by atoms with Crippen molar-refractivity contribution in [3.05, 3.63) is 83.4 Å². The number of aryl methyl sites for hydroxylation is 1. The maximum absolute atomic E-state index is 12.7. The normalized spacial score (nSPS) is 14.9. The third kappa shape index (κ3) is 4.98. The lowest BCUT2D eigenvalue weighted by Gasteiger charge is -2.23. The number of esters is 1. The molecule has 2 amide bonds. The monoisotopic (exact) mass is 430 g/mol. The minimum absolute atomic E-state index is 0.321. The molecule has 164 valence electrons. The summed E-state index contributed by atoms with van der Waals surface area (Å²) >= 11 is 0. The molecule has 6 heteroatoms. The van der Waals surface area contributed by atoms with E-state index in [2.05, 4.69) is 10.6 Å². The smallest absolute Gasteiger partial charge is 0.338 e. The van der Waals surface area contributed by atoms with Gasteiger partial charge in [0.15, 0.2) is 0 Å². The van der Waals surface area contributed by atoms with Crippen LogP contribution in [0.5, 0.6) is 0 Å². The van der Waals surface area contributed by atoms with Crippen LogP contribution in [-0.2, 0) is 17.6 Å². The molecule has 3 N–H and O–H groups in total. The predicted octanol–water partition coefficient (Wildman–Crippen LogP) is 5.02. The highest BCUT2D eigenvalue weighted by Gasteiger charge is 2.20. The van der Waals surface area contributed by atoms with E-state index in [1.807, 2.05) is 48.5 Å². The Hall–Kier alpha value is -3.64. The number of benzene rings is 3. The van der Waals surface area contributed by atoms with E-state index in [-0.39, 0.29) is 18.1 Å². The summed E-state index contributed by atoms with van der Waals surface area (Å²) in [5.74, 6) is -0.362. The van der Waals surface area contributed by atoms with E-state index in [0.717, 1.165) is 40.8 Å². The molecule has 0 saturated heterocycles. The Morgan fingerprint density at radius 2 is 1.75 bits per heavy atom. The largest absolute Gasteiger partial charge is 0.462 e. The first-order chi connectivity index (χ1) is 15.5. The second kappa shape index (κ2) is 9.66. The first kappa shape index (κ1) is 21.6. The van der Waals surface area contributed by atoms with Crippen LogP contribution in [0.15, 0.2) is 66.7 Å². The van der Waals surface area contributed by atoms with Crippen molar-refractivity contribution in [3.63, 3.8) is 0 Å². The summed E-state index contributed by atoms with van der Waals surface area (Å²) in [6.07, 6.45) is 1.71. The lowest BCUT2D eigenvalue weighted by molar-refractivity contribution is 0.0526. The number of carbonyl (C=O) groups is 2. The molecule has 0 aromatic heterocycles. The number of hydrogen-bond donors (Lipinski definition) is 3. The van der Waals surface area contributed by atoms with Gasteiger partial charge in [0.25, 0.3) is 0 Å². The van der Waals surface area contributed by atoms with Gasteiger partial charge in [-0.05, 0) is 72.4 Å². The van der Waals surface area contributed by atoms with Gasteiger partial charge in [-0.25, -0.2) is 9.59 Å². The molecule has 32 heavy (non-hydrogen) atoms. The first-order valence-corrected chi connectivity index (χ1v) is 10.8. The molecule has 1 aliphatic rings. The van der Waals surface area contributed by atoms with Crippen molar-refractivity contribution in [2.24, 2.45) is 0 Å². The molecule has 1 atom stereocenters. The quantitative estimate of drug-likeness (QED) is 0.496. The average Bonchev–Trinajstić information content (AvgIpc) is 2.80. The lowest BCUT2D eigenvalue weighted by Crippen LogP contribution is -2.24. The van der Waals surface area contributed by atoms with Gasteiger partial charge in [0.05, 0.1) is 18.3 Å². The SMILES string of the molecule is CCOC(=O)c1cccc(-c2cccc(NC(=O)Nc3cccc4c3CC(O)CC4)c2)c1. The van der Waals surface area contributed by atoms with Crippen LogP contribution in [0.1, 0.15) is 34.8 Å². The van der Waals surface area contributed by atoms with E-state index in [9.17, 15) is 14.7 Å². The van der Waals surface area contributed by atoms with Crippen LogP contribution in [0.4, 0.5) is 16.2 Å². The standard InChI is InChI=1S/C26H26N2O4/c1-2-32-25(30)20-9-3-7-18(14-20)19-8-4-10-21(15-19)27-26(31)28-24-11-5-6-17-12-13-22(29)16-23(17)24/h3-11,14-15,22,29H,2,12-13,16H2,1H3,(H2,27,28,31). The number of hydrogen-bond acceptors (Lipinski definition) is 4. The van der Waals surface area contributed by atoms with Crippen molar-refractivity contribution >= 4 is 23.4 Å². The van der Waals surface area contributed by atoms with E-state index in [1.54, 1.807) is 25.1 Å². The second-order valence-corrected chi connectivity index (χ2v) is 7.80. The highest BCUT2D eigenvalue weighted by atomic mass is 16.5.